The van der Waals surface area contributed by atoms with Crippen LogP contribution in [-0.2, 0) is 0 Å². The molecule has 0 atom stereocenters. The molecule has 18 heavy (non-hydrogen) atoms. The third kappa shape index (κ3) is 2.69. The lowest BCUT2D eigenvalue weighted by Gasteiger charge is -2.11. The Morgan fingerprint density at radius 2 is 1.89 bits per heavy atom. The summed E-state index contributed by atoms with van der Waals surface area (Å²) >= 11 is 0. The number of rotatable bonds is 3. The van der Waals surface area contributed by atoms with Crippen LogP contribution < -0.4 is 5.32 Å². The first kappa shape index (κ1) is 12.2. The fraction of sp³-hybridized carbons (Fsp3) is 0.133. The molecule has 0 unspecified atom stereocenters. The molecule has 0 heterocycles. The molecule has 0 fully saturated rings. The van der Waals surface area contributed by atoms with Crippen molar-refractivity contribution in [3.63, 3.8) is 0 Å². The molecule has 3 heteroatoms. The zero-order chi connectivity index (χ0) is 13.1. The highest BCUT2D eigenvalue weighted by Gasteiger charge is 2.04. The zero-order valence-electron chi connectivity index (χ0n) is 10.4. The molecule has 2 rings (SSSR count). The van der Waals surface area contributed by atoms with Crippen molar-refractivity contribution in [2.75, 3.05) is 5.32 Å². The minimum atomic E-state index is -0.917. The van der Waals surface area contributed by atoms with E-state index in [-0.39, 0.29) is 5.56 Å². The zero-order valence-corrected chi connectivity index (χ0v) is 10.4. The quantitative estimate of drug-likeness (QED) is 0.860. The first-order valence-electron chi connectivity index (χ1n) is 5.74. The molecule has 0 spiro atoms. The van der Waals surface area contributed by atoms with Crippen molar-refractivity contribution >= 4 is 17.3 Å². The maximum Gasteiger partial charge on any atom is 0.335 e. The summed E-state index contributed by atoms with van der Waals surface area (Å²) in [6, 6.07) is 12.9. The van der Waals surface area contributed by atoms with Crippen LogP contribution in [0, 0.1) is 13.8 Å². The Bertz CT molecular complexity index is 591. The topological polar surface area (TPSA) is 49.3 Å². The standard InChI is InChI=1S/C15H15NO2/c1-10-6-7-11(2)14(8-10)16-13-5-3-4-12(9-13)15(17)18/h3-9,16H,1-2H3,(H,17,18). The molecule has 0 aromatic heterocycles. The van der Waals surface area contributed by atoms with Crippen LogP contribution in [0.4, 0.5) is 11.4 Å². The molecule has 0 saturated heterocycles. The van der Waals surface area contributed by atoms with Gasteiger partial charge < -0.3 is 10.4 Å². The van der Waals surface area contributed by atoms with E-state index in [2.05, 4.69) is 5.32 Å². The number of hydrogen-bond donors (Lipinski definition) is 2. The minimum absolute atomic E-state index is 0.283. The molecule has 0 aliphatic carbocycles. The molecule has 2 aromatic carbocycles. The highest BCUT2D eigenvalue weighted by Crippen LogP contribution is 2.22. The third-order valence-corrected chi connectivity index (χ3v) is 2.78. The summed E-state index contributed by atoms with van der Waals surface area (Å²) in [4.78, 5) is 10.9. The van der Waals surface area contributed by atoms with Crippen LogP contribution in [0.3, 0.4) is 0 Å². The third-order valence-electron chi connectivity index (χ3n) is 2.78. The van der Waals surface area contributed by atoms with Gasteiger partial charge in [-0.15, -0.1) is 0 Å². The summed E-state index contributed by atoms with van der Waals surface area (Å²) in [5.74, 6) is -0.917. The molecule has 92 valence electrons. The highest BCUT2D eigenvalue weighted by molar-refractivity contribution is 5.89. The van der Waals surface area contributed by atoms with E-state index < -0.39 is 5.97 Å². The van der Waals surface area contributed by atoms with Gasteiger partial charge in [-0.1, -0.05) is 18.2 Å². The van der Waals surface area contributed by atoms with E-state index in [4.69, 9.17) is 5.11 Å². The van der Waals surface area contributed by atoms with Crippen molar-refractivity contribution in [2.45, 2.75) is 13.8 Å². The Labute approximate surface area is 106 Å². The first-order chi connectivity index (χ1) is 8.56. The van der Waals surface area contributed by atoms with E-state index in [0.717, 1.165) is 22.5 Å². The molecule has 0 aliphatic heterocycles. The van der Waals surface area contributed by atoms with Gasteiger partial charge in [-0.3, -0.25) is 0 Å². The van der Waals surface area contributed by atoms with E-state index >= 15 is 0 Å². The average Bonchev–Trinajstić information content (AvgIpc) is 2.34. The lowest BCUT2D eigenvalue weighted by atomic mass is 10.1. The molecular weight excluding hydrogens is 226 g/mol. The van der Waals surface area contributed by atoms with Gasteiger partial charge in [-0.05, 0) is 49.2 Å². The number of nitrogens with one attached hydrogen (secondary N) is 1. The smallest absolute Gasteiger partial charge is 0.335 e. The van der Waals surface area contributed by atoms with Crippen LogP contribution in [0.2, 0.25) is 0 Å². The minimum Gasteiger partial charge on any atom is -0.478 e. The molecular formula is C15H15NO2. The molecule has 0 saturated carbocycles. The molecule has 0 radical (unpaired) electrons. The molecule has 2 N–H and O–H groups in total. The number of anilines is 2. The second-order valence-electron chi connectivity index (χ2n) is 4.33. The fourth-order valence-electron chi connectivity index (χ4n) is 1.76. The van der Waals surface area contributed by atoms with Crippen molar-refractivity contribution in [1.29, 1.82) is 0 Å². The average molecular weight is 241 g/mol. The van der Waals surface area contributed by atoms with E-state index in [1.54, 1.807) is 18.2 Å². The molecule has 0 amide bonds. The normalized spacial score (nSPS) is 10.1. The second-order valence-corrected chi connectivity index (χ2v) is 4.33. The number of hydrogen-bond acceptors (Lipinski definition) is 2. The summed E-state index contributed by atoms with van der Waals surface area (Å²) < 4.78 is 0. The van der Waals surface area contributed by atoms with Gasteiger partial charge in [-0.2, -0.15) is 0 Å². The summed E-state index contributed by atoms with van der Waals surface area (Å²) in [5.41, 5.74) is 4.35. The van der Waals surface area contributed by atoms with Gasteiger partial charge in [0.25, 0.3) is 0 Å². The van der Waals surface area contributed by atoms with Crippen molar-refractivity contribution in [2.24, 2.45) is 0 Å². The van der Waals surface area contributed by atoms with Crippen molar-refractivity contribution in [3.8, 4) is 0 Å². The van der Waals surface area contributed by atoms with Gasteiger partial charge in [0.1, 0.15) is 0 Å². The Balaban J connectivity index is 2.31. The Morgan fingerprint density at radius 3 is 2.61 bits per heavy atom. The van der Waals surface area contributed by atoms with Crippen LogP contribution >= 0.6 is 0 Å². The first-order valence-corrected chi connectivity index (χ1v) is 5.74. The van der Waals surface area contributed by atoms with Crippen LogP contribution in [0.1, 0.15) is 21.5 Å². The van der Waals surface area contributed by atoms with Gasteiger partial charge in [0, 0.05) is 11.4 Å². The predicted octanol–water partition coefficient (Wildman–Crippen LogP) is 3.75. The predicted molar refractivity (Wildman–Crippen MR) is 72.6 cm³/mol. The Hall–Kier alpha value is -2.29. The van der Waals surface area contributed by atoms with Gasteiger partial charge in [0.2, 0.25) is 0 Å². The molecule has 3 nitrogen and oxygen atoms in total. The number of carboxylic acids is 1. The van der Waals surface area contributed by atoms with Gasteiger partial charge in [0.15, 0.2) is 0 Å². The van der Waals surface area contributed by atoms with Crippen LogP contribution in [0.15, 0.2) is 42.5 Å². The van der Waals surface area contributed by atoms with Crippen LogP contribution in [-0.4, -0.2) is 11.1 Å². The maximum atomic E-state index is 10.9. The van der Waals surface area contributed by atoms with E-state index in [0.29, 0.717) is 0 Å². The fourth-order valence-corrected chi connectivity index (χ4v) is 1.76. The maximum absolute atomic E-state index is 10.9. The second kappa shape index (κ2) is 4.92. The molecule has 2 aromatic rings. The van der Waals surface area contributed by atoms with Gasteiger partial charge >= 0.3 is 5.97 Å². The van der Waals surface area contributed by atoms with Gasteiger partial charge in [0.05, 0.1) is 5.56 Å². The Kier molecular flexibility index (Phi) is 3.33. The van der Waals surface area contributed by atoms with Crippen molar-refractivity contribution in [3.05, 3.63) is 59.2 Å². The Morgan fingerprint density at radius 1 is 1.11 bits per heavy atom. The monoisotopic (exact) mass is 241 g/mol. The lowest BCUT2D eigenvalue weighted by molar-refractivity contribution is 0.0697. The summed E-state index contributed by atoms with van der Waals surface area (Å²) in [6.07, 6.45) is 0. The van der Waals surface area contributed by atoms with Crippen molar-refractivity contribution in [1.82, 2.24) is 0 Å². The molecule has 0 aliphatic rings. The van der Waals surface area contributed by atoms with E-state index in [1.165, 1.54) is 0 Å². The summed E-state index contributed by atoms with van der Waals surface area (Å²) in [6.45, 7) is 4.04. The molecule has 0 bridgehead atoms. The van der Waals surface area contributed by atoms with Crippen LogP contribution in [0.25, 0.3) is 0 Å². The lowest BCUT2D eigenvalue weighted by Crippen LogP contribution is -1.98. The highest BCUT2D eigenvalue weighted by atomic mass is 16.4. The van der Waals surface area contributed by atoms with Crippen LogP contribution in [0.5, 0.6) is 0 Å². The van der Waals surface area contributed by atoms with Gasteiger partial charge in [-0.25, -0.2) is 4.79 Å². The number of carbonyl (C=O) groups is 1. The summed E-state index contributed by atoms with van der Waals surface area (Å²) in [7, 11) is 0. The van der Waals surface area contributed by atoms with E-state index in [1.807, 2.05) is 38.1 Å². The number of aryl methyl sites for hydroxylation is 2. The SMILES string of the molecule is Cc1ccc(C)c(Nc2cccc(C(=O)O)c2)c1. The van der Waals surface area contributed by atoms with Crippen molar-refractivity contribution < 1.29 is 9.90 Å². The summed E-state index contributed by atoms with van der Waals surface area (Å²) in [5, 5.41) is 12.2. The largest absolute Gasteiger partial charge is 0.478 e. The number of carboxylic acid groups (broad SMARTS) is 1. The number of benzene rings is 2. The van der Waals surface area contributed by atoms with E-state index in [9.17, 15) is 4.79 Å². The number of aromatic carboxylic acids is 1.